The molecule has 0 saturated heterocycles. The van der Waals surface area contributed by atoms with E-state index < -0.39 is 5.97 Å². The first-order valence-electron chi connectivity index (χ1n) is 10.1. The molecule has 0 fully saturated rings. The molecule has 9 heteroatoms. The summed E-state index contributed by atoms with van der Waals surface area (Å²) in [6.45, 7) is 0.557. The predicted octanol–water partition coefficient (Wildman–Crippen LogP) is 4.49. The number of ether oxygens (including phenoxy) is 1. The molecule has 0 aliphatic carbocycles. The monoisotopic (exact) mass is 474 g/mol. The van der Waals surface area contributed by atoms with Gasteiger partial charge < -0.3 is 4.74 Å². The molecule has 5 aromatic rings. The fraction of sp³-hybridized carbons (Fsp3) is 0.0833. The van der Waals surface area contributed by atoms with E-state index in [0.717, 1.165) is 21.7 Å². The lowest BCUT2D eigenvalue weighted by atomic mass is 10.2. The molecule has 0 N–H and O–H groups in total. The van der Waals surface area contributed by atoms with Crippen molar-refractivity contribution in [3.05, 3.63) is 105 Å². The molecule has 4 heterocycles. The van der Waals surface area contributed by atoms with Crippen LogP contribution in [0.2, 0.25) is 0 Å². The van der Waals surface area contributed by atoms with Crippen LogP contribution in [0.4, 0.5) is 0 Å². The summed E-state index contributed by atoms with van der Waals surface area (Å²) >= 11 is 2.94. The van der Waals surface area contributed by atoms with Gasteiger partial charge in [-0.1, -0.05) is 36.4 Å². The Morgan fingerprint density at radius 1 is 1.09 bits per heavy atom. The summed E-state index contributed by atoms with van der Waals surface area (Å²) in [7, 11) is 0. The van der Waals surface area contributed by atoms with Crippen molar-refractivity contribution in [2.75, 3.05) is 0 Å². The van der Waals surface area contributed by atoms with Gasteiger partial charge in [0.25, 0.3) is 5.56 Å². The number of thiophene rings is 1. The maximum absolute atomic E-state index is 12.3. The second-order valence-corrected chi connectivity index (χ2v) is 9.00. The number of rotatable bonds is 7. The van der Waals surface area contributed by atoms with Gasteiger partial charge in [0.1, 0.15) is 12.3 Å². The van der Waals surface area contributed by atoms with Crippen LogP contribution in [-0.4, -0.2) is 25.1 Å². The van der Waals surface area contributed by atoms with E-state index >= 15 is 0 Å². The second kappa shape index (κ2) is 9.35. The SMILES string of the molecule is O=C(/C=C/c1cn(Cc2ccccc2)nc1-c1cccs1)OCc1cc(=O)n2ccsc2n1. The number of fused-ring (bicyclic) bond motifs is 1. The van der Waals surface area contributed by atoms with Crippen LogP contribution in [0.15, 0.2) is 82.6 Å². The largest absolute Gasteiger partial charge is 0.456 e. The molecule has 4 aromatic heterocycles. The first-order valence-corrected chi connectivity index (χ1v) is 11.9. The van der Waals surface area contributed by atoms with Crippen molar-refractivity contribution < 1.29 is 9.53 Å². The van der Waals surface area contributed by atoms with Gasteiger partial charge in [0.05, 0.1) is 17.1 Å². The molecule has 5 rings (SSSR count). The first-order chi connectivity index (χ1) is 16.2. The molecular weight excluding hydrogens is 456 g/mol. The van der Waals surface area contributed by atoms with Gasteiger partial charge in [0.2, 0.25) is 0 Å². The lowest BCUT2D eigenvalue weighted by Gasteiger charge is -2.02. The molecule has 0 radical (unpaired) electrons. The second-order valence-electron chi connectivity index (χ2n) is 7.18. The average molecular weight is 475 g/mol. The molecule has 0 unspecified atom stereocenters. The van der Waals surface area contributed by atoms with E-state index in [-0.39, 0.29) is 12.2 Å². The molecule has 33 heavy (non-hydrogen) atoms. The van der Waals surface area contributed by atoms with Crippen molar-refractivity contribution in [2.24, 2.45) is 0 Å². The van der Waals surface area contributed by atoms with Crippen molar-refractivity contribution in [3.63, 3.8) is 0 Å². The first kappa shape index (κ1) is 21.0. The Hall–Kier alpha value is -3.82. The van der Waals surface area contributed by atoms with Crippen molar-refractivity contribution >= 4 is 39.7 Å². The number of benzene rings is 1. The average Bonchev–Trinajstić information content (AvgIpc) is 3.57. The fourth-order valence-corrected chi connectivity index (χ4v) is 4.80. The van der Waals surface area contributed by atoms with Crippen LogP contribution >= 0.6 is 22.7 Å². The van der Waals surface area contributed by atoms with E-state index in [1.807, 2.05) is 58.7 Å². The van der Waals surface area contributed by atoms with Gasteiger partial charge in [-0.05, 0) is 23.1 Å². The number of hydrogen-bond donors (Lipinski definition) is 0. The number of esters is 1. The van der Waals surface area contributed by atoms with E-state index in [2.05, 4.69) is 4.98 Å². The normalized spacial score (nSPS) is 11.4. The molecule has 7 nitrogen and oxygen atoms in total. The van der Waals surface area contributed by atoms with Crippen LogP contribution < -0.4 is 5.56 Å². The zero-order valence-corrected chi connectivity index (χ0v) is 19.0. The van der Waals surface area contributed by atoms with E-state index in [1.165, 1.54) is 27.9 Å². The van der Waals surface area contributed by atoms with E-state index in [1.54, 1.807) is 29.0 Å². The molecule has 0 spiro atoms. The van der Waals surface area contributed by atoms with Crippen molar-refractivity contribution in [1.82, 2.24) is 19.2 Å². The van der Waals surface area contributed by atoms with Crippen LogP contribution in [0.5, 0.6) is 0 Å². The maximum atomic E-state index is 12.3. The third kappa shape index (κ3) is 4.84. The molecule has 1 aromatic carbocycles. The van der Waals surface area contributed by atoms with Crippen LogP contribution in [0.25, 0.3) is 21.6 Å². The zero-order chi connectivity index (χ0) is 22.6. The summed E-state index contributed by atoms with van der Waals surface area (Å²) in [5.74, 6) is -0.517. The smallest absolute Gasteiger partial charge is 0.331 e. The maximum Gasteiger partial charge on any atom is 0.331 e. The number of aromatic nitrogens is 4. The topological polar surface area (TPSA) is 78.5 Å². The van der Waals surface area contributed by atoms with Crippen LogP contribution in [-0.2, 0) is 22.7 Å². The van der Waals surface area contributed by atoms with Gasteiger partial charge in [0.15, 0.2) is 4.96 Å². The number of thiazole rings is 1. The quantitative estimate of drug-likeness (QED) is 0.257. The molecule has 0 atom stereocenters. The summed E-state index contributed by atoms with van der Waals surface area (Å²) in [5, 5.41) is 8.51. The molecular formula is C24H18N4O3S2. The summed E-state index contributed by atoms with van der Waals surface area (Å²) in [6, 6.07) is 15.4. The molecule has 0 saturated carbocycles. The minimum Gasteiger partial charge on any atom is -0.456 e. The molecule has 0 amide bonds. The summed E-state index contributed by atoms with van der Waals surface area (Å²) < 4.78 is 8.62. The van der Waals surface area contributed by atoms with Crippen molar-refractivity contribution in [2.45, 2.75) is 13.2 Å². The minimum atomic E-state index is -0.517. The van der Waals surface area contributed by atoms with Gasteiger partial charge in [-0.15, -0.1) is 22.7 Å². The Bertz CT molecular complexity index is 1480. The highest BCUT2D eigenvalue weighted by Crippen LogP contribution is 2.28. The highest BCUT2D eigenvalue weighted by molar-refractivity contribution is 7.15. The third-order valence-electron chi connectivity index (χ3n) is 4.85. The van der Waals surface area contributed by atoms with E-state index in [0.29, 0.717) is 17.2 Å². The number of carbonyl (C=O) groups excluding carboxylic acids is 1. The highest BCUT2D eigenvalue weighted by Gasteiger charge is 2.12. The zero-order valence-electron chi connectivity index (χ0n) is 17.3. The predicted molar refractivity (Wildman–Crippen MR) is 129 cm³/mol. The van der Waals surface area contributed by atoms with Crippen LogP contribution in [0.1, 0.15) is 16.8 Å². The van der Waals surface area contributed by atoms with Crippen molar-refractivity contribution in [3.8, 4) is 10.6 Å². The highest BCUT2D eigenvalue weighted by atomic mass is 32.1. The minimum absolute atomic E-state index is 0.0716. The van der Waals surface area contributed by atoms with Crippen LogP contribution in [0, 0.1) is 0 Å². The summed E-state index contributed by atoms with van der Waals surface area (Å²) in [5.41, 5.74) is 2.98. The van der Waals surface area contributed by atoms with E-state index in [4.69, 9.17) is 9.84 Å². The third-order valence-corrected chi connectivity index (χ3v) is 6.48. The molecule has 0 bridgehead atoms. The molecule has 164 valence electrons. The van der Waals surface area contributed by atoms with Crippen molar-refractivity contribution in [1.29, 1.82) is 0 Å². The van der Waals surface area contributed by atoms with Gasteiger partial charge in [0, 0.05) is 35.5 Å². The van der Waals surface area contributed by atoms with Crippen LogP contribution in [0.3, 0.4) is 0 Å². The number of hydrogen-bond acceptors (Lipinski definition) is 7. The van der Waals surface area contributed by atoms with Gasteiger partial charge in [-0.2, -0.15) is 5.10 Å². The lowest BCUT2D eigenvalue weighted by molar-refractivity contribution is -0.139. The van der Waals surface area contributed by atoms with Gasteiger partial charge in [-0.3, -0.25) is 13.9 Å². The molecule has 0 aliphatic rings. The Balaban J connectivity index is 1.32. The van der Waals surface area contributed by atoms with Gasteiger partial charge in [-0.25, -0.2) is 9.78 Å². The lowest BCUT2D eigenvalue weighted by Crippen LogP contribution is -2.14. The van der Waals surface area contributed by atoms with E-state index in [9.17, 15) is 9.59 Å². The Morgan fingerprint density at radius 2 is 1.97 bits per heavy atom. The summed E-state index contributed by atoms with van der Waals surface area (Å²) in [4.78, 5) is 30.3. The Kier molecular flexibility index (Phi) is 5.97. The Labute approximate surface area is 196 Å². The standard InChI is InChI=1S/C24H18N4O3S2/c29-21-13-19(25-24-28(21)10-12-33-24)16-31-22(30)9-8-18-15-27(14-17-5-2-1-3-6-17)26-23(18)20-7-4-11-32-20/h1-13,15H,14,16H2/b9-8+. The summed E-state index contributed by atoms with van der Waals surface area (Å²) in [6.07, 6.45) is 6.66. The van der Waals surface area contributed by atoms with Gasteiger partial charge >= 0.3 is 5.97 Å². The fourth-order valence-electron chi connectivity index (χ4n) is 3.33. The number of nitrogens with zero attached hydrogens (tertiary/aromatic N) is 4. The molecule has 0 aliphatic heterocycles. The number of carbonyl (C=O) groups is 1. The Morgan fingerprint density at radius 3 is 2.79 bits per heavy atom.